The molecule has 0 spiro atoms. The number of methoxy groups -OCH3 is 1. The molecule has 1 saturated heterocycles. The molecule has 2 unspecified atom stereocenters. The number of esters is 1. The fourth-order valence-electron chi connectivity index (χ4n) is 3.30. The summed E-state index contributed by atoms with van der Waals surface area (Å²) in [5, 5.41) is 13.3. The smallest absolute Gasteiger partial charge is 0.313 e. The van der Waals surface area contributed by atoms with Gasteiger partial charge in [-0.15, -0.1) is 0 Å². The number of hydrogen-bond acceptors (Lipinski definition) is 9. The number of nitro groups is 1. The van der Waals surface area contributed by atoms with Crippen LogP contribution in [0, 0.1) is 16.0 Å². The number of nitrogens with zero attached hydrogens (tertiary/aromatic N) is 1. The predicted octanol–water partition coefficient (Wildman–Crippen LogP) is 1.52. The first-order valence-electron chi connectivity index (χ1n) is 10.1. The fraction of sp³-hybridized carbons (Fsp3) is 0.571. The molecule has 2 rings (SSSR count). The molecule has 1 aliphatic heterocycles. The number of amides is 1. The third kappa shape index (κ3) is 7.36. The van der Waals surface area contributed by atoms with E-state index in [9.17, 15) is 24.5 Å². The van der Waals surface area contributed by atoms with Crippen molar-refractivity contribution in [2.24, 2.45) is 5.92 Å². The highest BCUT2D eigenvalue weighted by molar-refractivity contribution is 5.97. The Morgan fingerprint density at radius 2 is 1.88 bits per heavy atom. The van der Waals surface area contributed by atoms with Gasteiger partial charge in [0.25, 0.3) is 5.69 Å². The van der Waals surface area contributed by atoms with Crippen LogP contribution in [0.2, 0.25) is 0 Å². The van der Waals surface area contributed by atoms with Gasteiger partial charge in [-0.25, -0.2) is 0 Å². The van der Waals surface area contributed by atoms with Crippen molar-refractivity contribution in [2.45, 2.75) is 44.9 Å². The number of ether oxygens (including phenoxy) is 4. The quantitative estimate of drug-likeness (QED) is 0.0845. The maximum atomic E-state index is 12.3. The Morgan fingerprint density at radius 1 is 1.19 bits per heavy atom. The van der Waals surface area contributed by atoms with Crippen molar-refractivity contribution in [1.82, 2.24) is 5.32 Å². The van der Waals surface area contributed by atoms with Crippen molar-refractivity contribution in [2.75, 3.05) is 27.1 Å². The number of nitro benzene ring substituents is 1. The number of β-lactam (4-membered cyclic amide) rings is 1. The van der Waals surface area contributed by atoms with Crippen molar-refractivity contribution >= 4 is 23.3 Å². The maximum Gasteiger partial charge on any atom is 0.313 e. The normalized spacial score (nSPS) is 17.9. The van der Waals surface area contributed by atoms with Gasteiger partial charge < -0.3 is 24.3 Å². The van der Waals surface area contributed by atoms with Gasteiger partial charge in [0, 0.05) is 25.7 Å². The fourth-order valence-corrected chi connectivity index (χ4v) is 3.30. The number of carbonyl (C=O) groups is 3. The zero-order valence-corrected chi connectivity index (χ0v) is 18.3. The minimum atomic E-state index is -0.864. The van der Waals surface area contributed by atoms with Gasteiger partial charge in [0.15, 0.2) is 0 Å². The molecule has 1 heterocycles. The molecule has 1 aliphatic rings. The predicted molar refractivity (Wildman–Crippen MR) is 110 cm³/mol. The summed E-state index contributed by atoms with van der Waals surface area (Å²) in [7, 11) is 1.56. The number of carbonyl (C=O) groups excluding carboxylic acids is 3. The zero-order valence-electron chi connectivity index (χ0n) is 18.3. The van der Waals surface area contributed by atoms with Crippen LogP contribution in [0.1, 0.15) is 32.3 Å². The minimum absolute atomic E-state index is 0.0181. The van der Waals surface area contributed by atoms with E-state index in [1.807, 2.05) is 0 Å². The molecule has 0 radical (unpaired) electrons. The van der Waals surface area contributed by atoms with E-state index in [0.717, 1.165) is 0 Å². The van der Waals surface area contributed by atoms with Crippen molar-refractivity contribution in [1.29, 1.82) is 0 Å². The van der Waals surface area contributed by atoms with Crippen molar-refractivity contribution < 1.29 is 38.3 Å². The van der Waals surface area contributed by atoms with Crippen LogP contribution < -0.4 is 5.32 Å². The topological polar surface area (TPSA) is 143 Å². The van der Waals surface area contributed by atoms with Crippen LogP contribution in [0.15, 0.2) is 24.3 Å². The van der Waals surface area contributed by atoms with Gasteiger partial charge in [-0.3, -0.25) is 24.5 Å². The summed E-state index contributed by atoms with van der Waals surface area (Å²) in [6.45, 7) is 4.14. The molecular weight excluding hydrogens is 424 g/mol. The molecule has 2 atom stereocenters. The number of hydrogen-bond donors (Lipinski definition) is 1. The Balaban J connectivity index is 1.76. The van der Waals surface area contributed by atoms with E-state index in [0.29, 0.717) is 18.8 Å². The van der Waals surface area contributed by atoms with Crippen LogP contribution in [-0.4, -0.2) is 61.3 Å². The van der Waals surface area contributed by atoms with Crippen LogP contribution in [-0.2, 0) is 39.9 Å². The molecule has 0 aliphatic carbocycles. The highest BCUT2D eigenvalue weighted by Gasteiger charge is 2.50. The molecule has 11 heteroatoms. The summed E-state index contributed by atoms with van der Waals surface area (Å²) in [6.07, 6.45) is -0.464. The van der Waals surface area contributed by atoms with Gasteiger partial charge in [0.05, 0.1) is 35.7 Å². The second kappa shape index (κ2) is 11.7. The number of non-ortho nitro benzene ring substituents is 1. The molecule has 1 amide bonds. The third-order valence-electron chi connectivity index (χ3n) is 5.04. The Bertz CT molecular complexity index is 823. The molecule has 1 aromatic rings. The Morgan fingerprint density at radius 3 is 2.47 bits per heavy atom. The molecule has 0 saturated carbocycles. The Labute approximate surface area is 185 Å². The van der Waals surface area contributed by atoms with Crippen LogP contribution in [0.4, 0.5) is 5.69 Å². The lowest BCUT2D eigenvalue weighted by molar-refractivity contribution is -0.384. The summed E-state index contributed by atoms with van der Waals surface area (Å²) in [4.78, 5) is 46.4. The minimum Gasteiger partial charge on any atom is -0.460 e. The third-order valence-corrected chi connectivity index (χ3v) is 5.04. The molecule has 11 nitrogen and oxygen atoms in total. The lowest BCUT2D eigenvalue weighted by Gasteiger charge is -2.45. The lowest BCUT2D eigenvalue weighted by atomic mass is 9.75. The van der Waals surface area contributed by atoms with E-state index < -0.39 is 34.9 Å². The first-order chi connectivity index (χ1) is 15.1. The number of nitrogens with one attached hydrogen (secondary N) is 1. The number of rotatable bonds is 14. The van der Waals surface area contributed by atoms with Gasteiger partial charge in [-0.1, -0.05) is 0 Å². The summed E-state index contributed by atoms with van der Waals surface area (Å²) < 4.78 is 20.9. The highest BCUT2D eigenvalue weighted by Crippen LogP contribution is 2.32. The molecule has 1 aromatic carbocycles. The standard InChI is InChI=1S/C21H28N2O9/c1-21(2,32-13-30-9-8-29-3)19-17(22-20(19)26)10-16(24)11-18(25)31-12-14-4-6-15(7-5-14)23(27)28/h4-7,17,19H,8-13H2,1-3H3,(H,22,26). The molecule has 0 aromatic heterocycles. The van der Waals surface area contributed by atoms with Crippen molar-refractivity contribution in [3.8, 4) is 0 Å². The summed E-state index contributed by atoms with van der Waals surface area (Å²) >= 11 is 0. The number of benzene rings is 1. The summed E-state index contributed by atoms with van der Waals surface area (Å²) in [6, 6.07) is 5.11. The monoisotopic (exact) mass is 452 g/mol. The maximum absolute atomic E-state index is 12.3. The summed E-state index contributed by atoms with van der Waals surface area (Å²) in [5.41, 5.74) is -0.369. The average molecular weight is 452 g/mol. The Kier molecular flexibility index (Phi) is 9.24. The van der Waals surface area contributed by atoms with Crippen LogP contribution in [0.5, 0.6) is 0 Å². The van der Waals surface area contributed by atoms with Gasteiger partial charge in [-0.05, 0) is 31.5 Å². The molecule has 176 valence electrons. The number of Topliss-reactive ketones (excluding diaryl/α,β-unsaturated/α-hetero) is 1. The lowest BCUT2D eigenvalue weighted by Crippen LogP contribution is -2.66. The first kappa shape index (κ1) is 25.4. The zero-order chi connectivity index (χ0) is 23.7. The van der Waals surface area contributed by atoms with Gasteiger partial charge >= 0.3 is 5.97 Å². The van der Waals surface area contributed by atoms with E-state index >= 15 is 0 Å². The van der Waals surface area contributed by atoms with E-state index in [-0.39, 0.29) is 37.2 Å². The molecule has 1 fully saturated rings. The largest absolute Gasteiger partial charge is 0.460 e. The van der Waals surface area contributed by atoms with Crippen molar-refractivity contribution in [3.63, 3.8) is 0 Å². The van der Waals surface area contributed by atoms with Crippen molar-refractivity contribution in [3.05, 3.63) is 39.9 Å². The first-order valence-corrected chi connectivity index (χ1v) is 10.1. The molecular formula is C21H28N2O9. The van der Waals surface area contributed by atoms with Gasteiger partial charge in [-0.2, -0.15) is 0 Å². The van der Waals surface area contributed by atoms with E-state index in [2.05, 4.69) is 5.32 Å². The second-order valence-corrected chi connectivity index (χ2v) is 7.86. The van der Waals surface area contributed by atoms with E-state index in [1.165, 1.54) is 24.3 Å². The van der Waals surface area contributed by atoms with E-state index in [1.54, 1.807) is 21.0 Å². The number of ketones is 1. The molecule has 0 bridgehead atoms. The van der Waals surface area contributed by atoms with Crippen LogP contribution >= 0.6 is 0 Å². The summed E-state index contributed by atoms with van der Waals surface area (Å²) in [5.74, 6) is -1.88. The van der Waals surface area contributed by atoms with Gasteiger partial charge in [0.2, 0.25) is 5.91 Å². The van der Waals surface area contributed by atoms with E-state index in [4.69, 9.17) is 18.9 Å². The molecule has 32 heavy (non-hydrogen) atoms. The average Bonchev–Trinajstić information content (AvgIpc) is 2.71. The van der Waals surface area contributed by atoms with Crippen LogP contribution in [0.25, 0.3) is 0 Å². The highest BCUT2D eigenvalue weighted by atomic mass is 16.7. The van der Waals surface area contributed by atoms with Crippen LogP contribution in [0.3, 0.4) is 0 Å². The second-order valence-electron chi connectivity index (χ2n) is 7.86. The SMILES string of the molecule is COCCOCOC(C)(C)C1C(=O)NC1CC(=O)CC(=O)OCc1ccc([N+](=O)[O-])cc1. The van der Waals surface area contributed by atoms with Gasteiger partial charge in [0.1, 0.15) is 25.6 Å². The Hall–Kier alpha value is -2.89. The molecule has 1 N–H and O–H groups in total.